The van der Waals surface area contributed by atoms with Crippen LogP contribution in [0.4, 0.5) is 5.13 Å². The van der Waals surface area contributed by atoms with Crippen molar-refractivity contribution in [1.29, 1.82) is 0 Å². The Bertz CT molecular complexity index is 1060. The van der Waals surface area contributed by atoms with Gasteiger partial charge in [0.2, 0.25) is 10.9 Å². The summed E-state index contributed by atoms with van der Waals surface area (Å²) < 4.78 is 5.19. The summed E-state index contributed by atoms with van der Waals surface area (Å²) in [5.74, 6) is -1.75. The van der Waals surface area contributed by atoms with Gasteiger partial charge in [0.25, 0.3) is 5.91 Å². The molecule has 1 amide bonds. The molecular weight excluding hydrogens is 380 g/mol. The first-order valence-corrected chi connectivity index (χ1v) is 9.39. The molecule has 0 aliphatic carbocycles. The average molecular weight is 396 g/mol. The van der Waals surface area contributed by atoms with Crippen molar-refractivity contribution in [3.63, 3.8) is 0 Å². The van der Waals surface area contributed by atoms with Gasteiger partial charge in [-0.05, 0) is 23.8 Å². The minimum absolute atomic E-state index is 0.0326. The summed E-state index contributed by atoms with van der Waals surface area (Å²) in [4.78, 5) is 31.3. The number of hydrogen-bond donors (Lipinski definition) is 1. The van der Waals surface area contributed by atoms with E-state index in [1.54, 1.807) is 30.6 Å². The lowest BCUT2D eigenvalue weighted by Gasteiger charge is -2.23. The summed E-state index contributed by atoms with van der Waals surface area (Å²) in [5.41, 5.74) is 0.491. The van der Waals surface area contributed by atoms with E-state index < -0.39 is 23.5 Å². The number of aliphatic hydroxyl groups excluding tert-OH is 1. The molecule has 3 aromatic rings. The molecule has 8 nitrogen and oxygen atoms in total. The monoisotopic (exact) mass is 396 g/mol. The number of Topliss-reactive ketones (excluding diaryl/α,β-unsaturated/α-hetero) is 1. The number of nitrogens with zero attached hydrogens (tertiary/aromatic N) is 4. The second-order valence-corrected chi connectivity index (χ2v) is 7.50. The van der Waals surface area contributed by atoms with Crippen LogP contribution in [0, 0.1) is 0 Å². The van der Waals surface area contributed by atoms with Gasteiger partial charge in [0, 0.05) is 18.3 Å². The van der Waals surface area contributed by atoms with Gasteiger partial charge in [0.1, 0.15) is 5.01 Å². The van der Waals surface area contributed by atoms with Gasteiger partial charge >= 0.3 is 0 Å². The van der Waals surface area contributed by atoms with E-state index in [0.29, 0.717) is 10.7 Å². The Labute approximate surface area is 164 Å². The molecule has 0 saturated carbocycles. The van der Waals surface area contributed by atoms with Gasteiger partial charge in [0.05, 0.1) is 17.9 Å². The van der Waals surface area contributed by atoms with E-state index in [9.17, 15) is 14.7 Å². The van der Waals surface area contributed by atoms with Crippen molar-refractivity contribution >= 4 is 28.2 Å². The maximum atomic E-state index is 13.0. The summed E-state index contributed by atoms with van der Waals surface area (Å²) in [5, 5.41) is 19.9. The highest BCUT2D eigenvalue weighted by Gasteiger charge is 2.46. The molecule has 4 heterocycles. The molecule has 0 spiro atoms. The second kappa shape index (κ2) is 7.01. The minimum Gasteiger partial charge on any atom is -0.503 e. The first-order valence-electron chi connectivity index (χ1n) is 8.57. The average Bonchev–Trinajstić information content (AvgIpc) is 3.43. The molecule has 0 fully saturated rings. The Balaban J connectivity index is 1.85. The molecule has 28 heavy (non-hydrogen) atoms. The van der Waals surface area contributed by atoms with Crippen molar-refractivity contribution in [2.24, 2.45) is 0 Å². The van der Waals surface area contributed by atoms with Crippen molar-refractivity contribution < 1.29 is 19.1 Å². The lowest BCUT2D eigenvalue weighted by atomic mass is 9.96. The van der Waals surface area contributed by atoms with Crippen LogP contribution < -0.4 is 4.90 Å². The predicted molar refractivity (Wildman–Crippen MR) is 101 cm³/mol. The first kappa shape index (κ1) is 18.1. The standard InChI is InChI=1S/C19H16N4O4S/c1-10(2)17-21-22-19(28-17)23-14(11-5-3-7-20-9-11)13(16(25)18(23)26)15(24)12-6-4-8-27-12/h3-10,14,25H,1-2H3/t14-/m1/s1. The van der Waals surface area contributed by atoms with E-state index in [0.717, 1.165) is 5.01 Å². The Morgan fingerprint density at radius 2 is 2.11 bits per heavy atom. The smallest absolute Gasteiger partial charge is 0.296 e. The number of furan rings is 1. The summed E-state index contributed by atoms with van der Waals surface area (Å²) in [7, 11) is 0. The molecule has 0 unspecified atom stereocenters. The highest BCUT2D eigenvalue weighted by molar-refractivity contribution is 7.15. The van der Waals surface area contributed by atoms with Crippen LogP contribution in [0.25, 0.3) is 0 Å². The SMILES string of the molecule is CC(C)c1nnc(N2C(=O)C(O)=C(C(=O)c3ccco3)[C@H]2c2cccnc2)s1. The normalized spacial score (nSPS) is 17.0. The molecular formula is C19H16N4O4S. The van der Waals surface area contributed by atoms with E-state index in [1.807, 2.05) is 13.8 Å². The third-order valence-corrected chi connectivity index (χ3v) is 5.55. The third-order valence-electron chi connectivity index (χ3n) is 4.33. The predicted octanol–water partition coefficient (Wildman–Crippen LogP) is 3.43. The van der Waals surface area contributed by atoms with Crippen molar-refractivity contribution in [2.45, 2.75) is 25.8 Å². The fourth-order valence-corrected chi connectivity index (χ4v) is 3.86. The minimum atomic E-state index is -0.883. The third kappa shape index (κ3) is 2.89. The van der Waals surface area contributed by atoms with Crippen molar-refractivity contribution in [3.05, 3.63) is 70.6 Å². The molecule has 1 aliphatic heterocycles. The number of rotatable bonds is 5. The number of carbonyl (C=O) groups is 2. The molecule has 0 radical (unpaired) electrons. The topological polar surface area (TPSA) is 109 Å². The van der Waals surface area contributed by atoms with Crippen LogP contribution in [0.1, 0.15) is 46.9 Å². The van der Waals surface area contributed by atoms with Gasteiger partial charge in [-0.1, -0.05) is 31.3 Å². The maximum Gasteiger partial charge on any atom is 0.296 e. The first-order chi connectivity index (χ1) is 13.5. The van der Waals surface area contributed by atoms with Gasteiger partial charge in [-0.2, -0.15) is 0 Å². The lowest BCUT2D eigenvalue weighted by Crippen LogP contribution is -2.31. The lowest BCUT2D eigenvalue weighted by molar-refractivity contribution is -0.117. The zero-order chi connectivity index (χ0) is 19.8. The van der Waals surface area contributed by atoms with E-state index in [1.165, 1.54) is 28.6 Å². The number of amides is 1. The Hall–Kier alpha value is -3.33. The molecule has 0 aromatic carbocycles. The van der Waals surface area contributed by atoms with Crippen molar-refractivity contribution in [1.82, 2.24) is 15.2 Å². The molecule has 1 atom stereocenters. The van der Waals surface area contributed by atoms with Crippen LogP contribution in [0.2, 0.25) is 0 Å². The highest BCUT2D eigenvalue weighted by Crippen LogP contribution is 2.43. The Kier molecular flexibility index (Phi) is 4.52. The Morgan fingerprint density at radius 3 is 2.71 bits per heavy atom. The molecule has 0 saturated heterocycles. The van der Waals surface area contributed by atoms with E-state index in [4.69, 9.17) is 4.42 Å². The number of hydrogen-bond acceptors (Lipinski definition) is 8. The van der Waals surface area contributed by atoms with Crippen molar-refractivity contribution in [2.75, 3.05) is 4.90 Å². The van der Waals surface area contributed by atoms with Gasteiger partial charge in [0.15, 0.2) is 11.5 Å². The fraction of sp³-hybridized carbons (Fsp3) is 0.211. The summed E-state index contributed by atoms with van der Waals surface area (Å²) in [6, 6.07) is 5.60. The molecule has 142 valence electrons. The summed E-state index contributed by atoms with van der Waals surface area (Å²) in [6.45, 7) is 3.94. The van der Waals surface area contributed by atoms with Gasteiger partial charge in [-0.15, -0.1) is 10.2 Å². The zero-order valence-electron chi connectivity index (χ0n) is 15.1. The van der Waals surface area contributed by atoms with Crippen LogP contribution in [0.15, 0.2) is 58.7 Å². The van der Waals surface area contributed by atoms with Gasteiger partial charge in [-0.25, -0.2) is 0 Å². The van der Waals surface area contributed by atoms with Crippen LogP contribution >= 0.6 is 11.3 Å². The number of pyridine rings is 1. The fourth-order valence-electron chi connectivity index (χ4n) is 2.99. The Morgan fingerprint density at radius 1 is 1.29 bits per heavy atom. The number of aromatic nitrogens is 3. The quantitative estimate of drug-likeness (QED) is 0.658. The van der Waals surface area contributed by atoms with Crippen LogP contribution in [-0.2, 0) is 4.79 Å². The number of aliphatic hydroxyl groups is 1. The van der Waals surface area contributed by atoms with E-state index in [-0.39, 0.29) is 17.3 Å². The number of carbonyl (C=O) groups excluding carboxylic acids is 2. The van der Waals surface area contributed by atoms with Crippen LogP contribution in [0.5, 0.6) is 0 Å². The molecule has 9 heteroatoms. The van der Waals surface area contributed by atoms with E-state index >= 15 is 0 Å². The molecule has 4 rings (SSSR count). The van der Waals surface area contributed by atoms with Crippen LogP contribution in [-0.4, -0.2) is 32.0 Å². The molecule has 3 aromatic heterocycles. The van der Waals surface area contributed by atoms with Crippen molar-refractivity contribution in [3.8, 4) is 0 Å². The summed E-state index contributed by atoms with van der Waals surface area (Å²) >= 11 is 1.24. The van der Waals surface area contributed by atoms with Gasteiger partial charge in [-0.3, -0.25) is 19.5 Å². The van der Waals surface area contributed by atoms with E-state index in [2.05, 4.69) is 15.2 Å². The van der Waals surface area contributed by atoms with Gasteiger partial charge < -0.3 is 9.52 Å². The number of anilines is 1. The molecule has 1 N–H and O–H groups in total. The highest BCUT2D eigenvalue weighted by atomic mass is 32.1. The van der Waals surface area contributed by atoms with Crippen LogP contribution in [0.3, 0.4) is 0 Å². The summed E-state index contributed by atoms with van der Waals surface area (Å²) in [6.07, 6.45) is 4.49. The zero-order valence-corrected chi connectivity index (χ0v) is 15.9. The molecule has 1 aliphatic rings. The number of ketones is 1. The second-order valence-electron chi connectivity index (χ2n) is 6.51. The largest absolute Gasteiger partial charge is 0.503 e. The molecule has 0 bridgehead atoms. The maximum absolute atomic E-state index is 13.0.